The molecule has 5 aromatic rings. The van der Waals surface area contributed by atoms with E-state index >= 15 is 0 Å². The second kappa shape index (κ2) is 16.2. The zero-order chi connectivity index (χ0) is 40.4. The Morgan fingerprint density at radius 3 is 2.27 bits per heavy atom. The maximum absolute atomic E-state index is 13.5. The molecule has 0 aliphatic carbocycles. The predicted octanol–water partition coefficient (Wildman–Crippen LogP) is 9.92. The van der Waals surface area contributed by atoms with Crippen molar-refractivity contribution in [2.24, 2.45) is 5.41 Å². The van der Waals surface area contributed by atoms with Gasteiger partial charge in [0.25, 0.3) is 0 Å². The van der Waals surface area contributed by atoms with Gasteiger partial charge in [0.15, 0.2) is 0 Å². The van der Waals surface area contributed by atoms with Crippen LogP contribution in [0.25, 0.3) is 22.2 Å². The summed E-state index contributed by atoms with van der Waals surface area (Å²) in [6.07, 6.45) is 0.752. The van der Waals surface area contributed by atoms with Crippen LogP contribution in [0, 0.1) is 5.41 Å². The third-order valence-electron chi connectivity index (χ3n) is 9.48. The molecule has 11 heteroatoms. The zero-order valence-corrected chi connectivity index (χ0v) is 35.1. The molecule has 6 rings (SSSR count). The molecule has 2 aromatic heterocycles. The van der Waals surface area contributed by atoms with E-state index in [1.54, 1.807) is 29.8 Å². The molecule has 0 spiro atoms. The SMILES string of the molecule is CCOC(=O)C(C)(C)Cc1c(SC(C)(C)C)c2cc(OC[C@@H]3Cc4ccccc4N3C(=O)OC(C)(C)C)ccc2n1Cc1ccc(-c2ccc(OC)nn2)cc1. The van der Waals surface area contributed by atoms with Crippen molar-refractivity contribution in [3.8, 4) is 22.9 Å². The summed E-state index contributed by atoms with van der Waals surface area (Å²) in [5.74, 6) is 0.934. The first-order valence-electron chi connectivity index (χ1n) is 19.2. The van der Waals surface area contributed by atoms with Crippen molar-refractivity contribution in [2.45, 2.75) is 103 Å². The van der Waals surface area contributed by atoms with Crippen LogP contribution in [0.5, 0.6) is 11.6 Å². The number of hydrogen-bond donors (Lipinski definition) is 0. The smallest absolute Gasteiger partial charge is 0.415 e. The van der Waals surface area contributed by atoms with Gasteiger partial charge in [0.2, 0.25) is 5.88 Å². The quantitative estimate of drug-likeness (QED) is 0.0904. The fraction of sp³-hybridized carbons (Fsp3) is 0.422. The third kappa shape index (κ3) is 9.32. The van der Waals surface area contributed by atoms with Gasteiger partial charge in [-0.3, -0.25) is 9.69 Å². The second-order valence-corrected chi connectivity index (χ2v) is 18.7. The summed E-state index contributed by atoms with van der Waals surface area (Å²) >= 11 is 1.79. The Hall–Kier alpha value is -5.03. The molecule has 0 saturated heterocycles. The predicted molar refractivity (Wildman–Crippen MR) is 223 cm³/mol. The molecule has 0 N–H and O–H groups in total. The number of methoxy groups -OCH3 is 1. The highest BCUT2D eigenvalue weighted by Crippen LogP contribution is 2.45. The van der Waals surface area contributed by atoms with Gasteiger partial charge < -0.3 is 23.5 Å². The highest BCUT2D eigenvalue weighted by molar-refractivity contribution is 8.00. The third-order valence-corrected chi connectivity index (χ3v) is 10.8. The van der Waals surface area contributed by atoms with Crippen molar-refractivity contribution in [1.82, 2.24) is 14.8 Å². The topological polar surface area (TPSA) is 105 Å². The Bertz CT molecular complexity index is 2180. The number of hydrogen-bond acceptors (Lipinski definition) is 9. The van der Waals surface area contributed by atoms with Crippen molar-refractivity contribution < 1.29 is 28.5 Å². The van der Waals surface area contributed by atoms with Gasteiger partial charge in [-0.15, -0.1) is 22.0 Å². The molecule has 0 unspecified atom stereocenters. The van der Waals surface area contributed by atoms with Crippen LogP contribution in [0.1, 0.15) is 79.1 Å². The van der Waals surface area contributed by atoms with E-state index in [0.29, 0.717) is 37.6 Å². The minimum atomic E-state index is -0.784. The lowest BCUT2D eigenvalue weighted by molar-refractivity contribution is -0.153. The first kappa shape index (κ1) is 40.6. The van der Waals surface area contributed by atoms with Crippen LogP contribution in [-0.4, -0.2) is 63.5 Å². The summed E-state index contributed by atoms with van der Waals surface area (Å²) in [6.45, 7) is 19.2. The molecule has 3 aromatic carbocycles. The maximum Gasteiger partial charge on any atom is 0.415 e. The number of amides is 1. The minimum Gasteiger partial charge on any atom is -0.491 e. The summed E-state index contributed by atoms with van der Waals surface area (Å²) in [6, 6.07) is 25.9. The Balaban J connectivity index is 1.37. The van der Waals surface area contributed by atoms with Crippen LogP contribution in [0.15, 0.2) is 83.8 Å². The van der Waals surface area contributed by atoms with Crippen LogP contribution in [-0.2, 0) is 33.7 Å². The van der Waals surface area contributed by atoms with Gasteiger partial charge in [0.1, 0.15) is 18.0 Å². The molecule has 0 fully saturated rings. The van der Waals surface area contributed by atoms with E-state index in [4.69, 9.17) is 18.9 Å². The molecule has 296 valence electrons. The van der Waals surface area contributed by atoms with Gasteiger partial charge in [0, 0.05) is 50.8 Å². The normalized spacial score (nSPS) is 14.5. The lowest BCUT2D eigenvalue weighted by Gasteiger charge is -2.29. The van der Waals surface area contributed by atoms with Crippen molar-refractivity contribution in [1.29, 1.82) is 0 Å². The van der Waals surface area contributed by atoms with Crippen LogP contribution in [0.3, 0.4) is 0 Å². The van der Waals surface area contributed by atoms with Crippen LogP contribution in [0.4, 0.5) is 10.5 Å². The van der Waals surface area contributed by atoms with Crippen molar-refractivity contribution in [3.05, 3.63) is 95.7 Å². The number of para-hydroxylation sites is 1. The molecule has 1 amide bonds. The second-order valence-electron chi connectivity index (χ2n) is 16.8. The van der Waals surface area contributed by atoms with Crippen molar-refractivity contribution >= 4 is 40.4 Å². The van der Waals surface area contributed by atoms with Gasteiger partial charge in [-0.05, 0) is 89.4 Å². The van der Waals surface area contributed by atoms with E-state index in [1.165, 1.54) is 0 Å². The number of esters is 1. The standard InChI is InChI=1S/C45H54N4O6S/c1-11-53-41(50)45(8,9)26-38-40(56-44(5,6)7)34-25-33(54-28-32-24-31-14-12-13-15-36(31)49(32)42(51)55-43(2,3)4)20-22-37(34)48(38)27-29-16-18-30(19-17-29)35-21-23-39(52-10)47-46-35/h12-23,25,32H,11,24,26-28H2,1-10H3/t32-/m0/s1. The summed E-state index contributed by atoms with van der Waals surface area (Å²) in [4.78, 5) is 29.7. The molecule has 3 heterocycles. The van der Waals surface area contributed by atoms with E-state index in [0.717, 1.165) is 49.6 Å². The average molecular weight is 779 g/mol. The Labute approximate surface area is 334 Å². The molecule has 1 atom stereocenters. The number of carbonyl (C=O) groups excluding carboxylic acids is 2. The number of benzene rings is 3. The number of nitrogens with zero attached hydrogens (tertiary/aromatic N) is 4. The van der Waals surface area contributed by atoms with Gasteiger partial charge in [0.05, 0.1) is 36.6 Å². The number of carbonyl (C=O) groups is 2. The van der Waals surface area contributed by atoms with Gasteiger partial charge >= 0.3 is 12.1 Å². The average Bonchev–Trinajstić information content (AvgIpc) is 3.64. The summed E-state index contributed by atoms with van der Waals surface area (Å²) in [5, 5.41) is 9.49. The number of thioether (sulfide) groups is 1. The molecule has 0 saturated carbocycles. The molecule has 10 nitrogen and oxygen atoms in total. The van der Waals surface area contributed by atoms with E-state index in [1.807, 2.05) is 71.9 Å². The fourth-order valence-electron chi connectivity index (χ4n) is 6.93. The number of aromatic nitrogens is 3. The lowest BCUT2D eigenvalue weighted by Crippen LogP contribution is -2.44. The molecule has 0 bridgehead atoms. The fourth-order valence-corrected chi connectivity index (χ4v) is 8.12. The minimum absolute atomic E-state index is 0.136. The molecule has 0 radical (unpaired) electrons. The highest BCUT2D eigenvalue weighted by Gasteiger charge is 2.37. The number of rotatable bonds is 12. The summed E-state index contributed by atoms with van der Waals surface area (Å²) < 4.78 is 25.3. The summed E-state index contributed by atoms with van der Waals surface area (Å²) in [7, 11) is 1.57. The Morgan fingerprint density at radius 2 is 1.62 bits per heavy atom. The van der Waals surface area contributed by atoms with E-state index in [-0.39, 0.29) is 29.5 Å². The first-order valence-corrected chi connectivity index (χ1v) is 20.0. The van der Waals surface area contributed by atoms with Crippen molar-refractivity contribution in [2.75, 3.05) is 25.2 Å². The Morgan fingerprint density at radius 1 is 0.893 bits per heavy atom. The summed E-state index contributed by atoms with van der Waals surface area (Å²) in [5.41, 5.74) is 5.42. The Kier molecular flexibility index (Phi) is 11.8. The van der Waals surface area contributed by atoms with E-state index in [2.05, 4.69) is 78.0 Å². The number of fused-ring (bicyclic) bond motifs is 2. The maximum atomic E-state index is 13.5. The van der Waals surface area contributed by atoms with Crippen LogP contribution >= 0.6 is 11.8 Å². The highest BCUT2D eigenvalue weighted by atomic mass is 32.2. The van der Waals surface area contributed by atoms with Crippen molar-refractivity contribution in [3.63, 3.8) is 0 Å². The van der Waals surface area contributed by atoms with Gasteiger partial charge in [-0.25, -0.2) is 4.79 Å². The largest absolute Gasteiger partial charge is 0.491 e. The zero-order valence-electron chi connectivity index (χ0n) is 34.3. The number of anilines is 1. The molecule has 56 heavy (non-hydrogen) atoms. The molecular weight excluding hydrogens is 725 g/mol. The van der Waals surface area contributed by atoms with Gasteiger partial charge in [-0.1, -0.05) is 63.2 Å². The van der Waals surface area contributed by atoms with Gasteiger partial charge in [-0.2, -0.15) is 0 Å². The molecule has 1 aliphatic rings. The molecule has 1 aliphatic heterocycles. The van der Waals surface area contributed by atoms with E-state index < -0.39 is 11.0 Å². The van der Waals surface area contributed by atoms with E-state index in [9.17, 15) is 9.59 Å². The monoisotopic (exact) mass is 778 g/mol. The first-order chi connectivity index (χ1) is 26.5. The number of ether oxygens (including phenoxy) is 4. The van der Waals surface area contributed by atoms with Crippen LogP contribution in [0.2, 0.25) is 0 Å². The lowest BCUT2D eigenvalue weighted by atomic mass is 9.87. The van der Waals surface area contributed by atoms with Crippen LogP contribution < -0.4 is 14.4 Å². The molecular formula is C45H54N4O6S.